The van der Waals surface area contributed by atoms with Crippen molar-refractivity contribution in [2.75, 3.05) is 17.1 Å². The molecule has 1 aliphatic rings. The van der Waals surface area contributed by atoms with Gasteiger partial charge in [-0.1, -0.05) is 13.3 Å². The minimum Gasteiger partial charge on any atom is -0.497 e. The number of benzene rings is 2. The molecule has 0 aromatic heterocycles. The molecule has 0 unspecified atom stereocenters. The Morgan fingerprint density at radius 1 is 1.19 bits per heavy atom. The molecule has 0 fully saturated rings. The molecule has 3 rings (SSSR count). The van der Waals surface area contributed by atoms with Gasteiger partial charge in [0.25, 0.3) is 15.9 Å². The summed E-state index contributed by atoms with van der Waals surface area (Å²) in [4.78, 5) is 12.2. The number of methoxy groups -OCH3 is 1. The zero-order valence-electron chi connectivity index (χ0n) is 15.2. The van der Waals surface area contributed by atoms with Crippen molar-refractivity contribution in [2.45, 2.75) is 37.2 Å². The number of anilines is 2. The molecule has 0 saturated heterocycles. The standard InChI is InChI=1S/C19H22N2O5S/c1-3-4-5-18-19(22)20-16-12-15(10-11-17(16)26-18)27(23,24)21-13-6-8-14(25-2)9-7-13/h6-12,18,21H,3-5H2,1-2H3,(H,20,22)/t18-/m1/s1. The number of ether oxygens (including phenoxy) is 2. The van der Waals surface area contributed by atoms with Crippen molar-refractivity contribution in [2.24, 2.45) is 0 Å². The van der Waals surface area contributed by atoms with Gasteiger partial charge in [0.15, 0.2) is 6.10 Å². The molecule has 2 aromatic rings. The minimum atomic E-state index is -3.81. The summed E-state index contributed by atoms with van der Waals surface area (Å²) in [6.07, 6.45) is 1.93. The van der Waals surface area contributed by atoms with Gasteiger partial charge in [-0.15, -0.1) is 0 Å². The summed E-state index contributed by atoms with van der Waals surface area (Å²) in [7, 11) is -2.27. The van der Waals surface area contributed by atoms with Crippen molar-refractivity contribution in [1.29, 1.82) is 0 Å². The molecule has 144 valence electrons. The average molecular weight is 390 g/mol. The highest BCUT2D eigenvalue weighted by Crippen LogP contribution is 2.33. The van der Waals surface area contributed by atoms with E-state index in [1.165, 1.54) is 19.2 Å². The van der Waals surface area contributed by atoms with Gasteiger partial charge in [-0.3, -0.25) is 9.52 Å². The summed E-state index contributed by atoms with van der Waals surface area (Å²) in [6, 6.07) is 11.0. The second-order valence-corrected chi connectivity index (χ2v) is 7.91. The summed E-state index contributed by atoms with van der Waals surface area (Å²) in [6.45, 7) is 2.04. The van der Waals surface area contributed by atoms with Crippen LogP contribution in [-0.4, -0.2) is 27.5 Å². The topological polar surface area (TPSA) is 93.7 Å². The molecular formula is C19H22N2O5S. The van der Waals surface area contributed by atoms with Crippen molar-refractivity contribution in [3.05, 3.63) is 42.5 Å². The van der Waals surface area contributed by atoms with Crippen LogP contribution in [0.15, 0.2) is 47.4 Å². The molecule has 1 atom stereocenters. The first kappa shape index (κ1) is 19.0. The Morgan fingerprint density at radius 3 is 2.59 bits per heavy atom. The van der Waals surface area contributed by atoms with Gasteiger partial charge >= 0.3 is 0 Å². The zero-order valence-corrected chi connectivity index (χ0v) is 16.0. The van der Waals surface area contributed by atoms with E-state index in [2.05, 4.69) is 10.0 Å². The molecule has 0 saturated carbocycles. The van der Waals surface area contributed by atoms with Crippen molar-refractivity contribution >= 4 is 27.3 Å². The van der Waals surface area contributed by atoms with E-state index in [-0.39, 0.29) is 10.8 Å². The highest BCUT2D eigenvalue weighted by atomic mass is 32.2. The molecule has 27 heavy (non-hydrogen) atoms. The van der Waals surface area contributed by atoms with Gasteiger partial charge in [-0.05, 0) is 55.3 Å². The van der Waals surface area contributed by atoms with E-state index in [1.54, 1.807) is 30.3 Å². The summed E-state index contributed by atoms with van der Waals surface area (Å²) in [5, 5.41) is 2.74. The van der Waals surface area contributed by atoms with Crippen molar-refractivity contribution in [3.63, 3.8) is 0 Å². The lowest BCUT2D eigenvalue weighted by atomic mass is 10.1. The van der Waals surface area contributed by atoms with E-state index in [4.69, 9.17) is 9.47 Å². The molecule has 2 N–H and O–H groups in total. The fourth-order valence-corrected chi connectivity index (χ4v) is 3.83. The van der Waals surface area contributed by atoms with Crippen LogP contribution in [0.1, 0.15) is 26.2 Å². The Morgan fingerprint density at radius 2 is 1.93 bits per heavy atom. The highest BCUT2D eigenvalue weighted by molar-refractivity contribution is 7.92. The molecule has 0 radical (unpaired) electrons. The van der Waals surface area contributed by atoms with E-state index in [1.807, 2.05) is 6.92 Å². The number of sulfonamides is 1. The Labute approximate surface area is 158 Å². The van der Waals surface area contributed by atoms with Gasteiger partial charge in [-0.25, -0.2) is 8.42 Å². The molecule has 1 heterocycles. The van der Waals surface area contributed by atoms with Crippen molar-refractivity contribution in [3.8, 4) is 11.5 Å². The van der Waals surface area contributed by atoms with Crippen LogP contribution in [0.4, 0.5) is 11.4 Å². The lowest BCUT2D eigenvalue weighted by molar-refractivity contribution is -0.123. The molecule has 0 bridgehead atoms. The lowest BCUT2D eigenvalue weighted by Crippen LogP contribution is -2.37. The van der Waals surface area contributed by atoms with Gasteiger partial charge < -0.3 is 14.8 Å². The third-order valence-corrected chi connectivity index (χ3v) is 5.62. The van der Waals surface area contributed by atoms with Gasteiger partial charge in [0, 0.05) is 5.69 Å². The van der Waals surface area contributed by atoms with Crippen molar-refractivity contribution < 1.29 is 22.7 Å². The minimum absolute atomic E-state index is 0.0352. The number of carbonyl (C=O) groups is 1. The first-order chi connectivity index (χ1) is 12.9. The monoisotopic (exact) mass is 390 g/mol. The van der Waals surface area contributed by atoms with E-state index in [0.29, 0.717) is 29.3 Å². The Balaban J connectivity index is 1.79. The summed E-state index contributed by atoms with van der Waals surface area (Å²) < 4.78 is 38.5. The van der Waals surface area contributed by atoms with E-state index < -0.39 is 16.1 Å². The highest BCUT2D eigenvalue weighted by Gasteiger charge is 2.28. The second-order valence-electron chi connectivity index (χ2n) is 6.23. The van der Waals surface area contributed by atoms with Gasteiger partial charge in [0.2, 0.25) is 0 Å². The first-order valence-electron chi connectivity index (χ1n) is 8.71. The quantitative estimate of drug-likeness (QED) is 0.756. The average Bonchev–Trinajstić information content (AvgIpc) is 2.66. The van der Waals surface area contributed by atoms with Crippen LogP contribution >= 0.6 is 0 Å². The number of fused-ring (bicyclic) bond motifs is 1. The van der Waals surface area contributed by atoms with E-state index in [9.17, 15) is 13.2 Å². The number of rotatable bonds is 7. The van der Waals surface area contributed by atoms with E-state index >= 15 is 0 Å². The Bertz CT molecular complexity index is 926. The summed E-state index contributed by atoms with van der Waals surface area (Å²) >= 11 is 0. The number of hydrogen-bond acceptors (Lipinski definition) is 5. The fraction of sp³-hybridized carbons (Fsp3) is 0.316. The SMILES string of the molecule is CCCC[C@H]1Oc2ccc(S(=O)(=O)Nc3ccc(OC)cc3)cc2NC1=O. The van der Waals surface area contributed by atoms with Crippen LogP contribution in [0, 0.1) is 0 Å². The maximum absolute atomic E-state index is 12.6. The van der Waals surface area contributed by atoms with Gasteiger partial charge in [0.1, 0.15) is 11.5 Å². The third-order valence-electron chi connectivity index (χ3n) is 4.24. The number of nitrogens with one attached hydrogen (secondary N) is 2. The zero-order chi connectivity index (χ0) is 19.4. The second kappa shape index (κ2) is 7.87. The predicted molar refractivity (Wildman–Crippen MR) is 103 cm³/mol. The number of carbonyl (C=O) groups excluding carboxylic acids is 1. The summed E-state index contributed by atoms with van der Waals surface area (Å²) in [5.41, 5.74) is 0.763. The van der Waals surface area contributed by atoms with Crippen LogP contribution in [0.2, 0.25) is 0 Å². The normalized spacial score (nSPS) is 16.1. The predicted octanol–water partition coefficient (Wildman–Crippen LogP) is 3.39. The number of hydrogen-bond donors (Lipinski definition) is 2. The largest absolute Gasteiger partial charge is 0.497 e. The number of amides is 1. The van der Waals surface area contributed by atoms with Gasteiger partial charge in [-0.2, -0.15) is 0 Å². The Hall–Kier alpha value is -2.74. The molecule has 8 heteroatoms. The van der Waals surface area contributed by atoms with Crippen LogP contribution in [-0.2, 0) is 14.8 Å². The van der Waals surface area contributed by atoms with Crippen LogP contribution in [0.5, 0.6) is 11.5 Å². The molecule has 0 spiro atoms. The van der Waals surface area contributed by atoms with Crippen LogP contribution in [0.25, 0.3) is 0 Å². The fourth-order valence-electron chi connectivity index (χ4n) is 2.75. The molecule has 2 aromatic carbocycles. The Kier molecular flexibility index (Phi) is 5.55. The lowest BCUT2D eigenvalue weighted by Gasteiger charge is -2.26. The molecular weight excluding hydrogens is 368 g/mol. The maximum Gasteiger partial charge on any atom is 0.265 e. The van der Waals surface area contributed by atoms with Gasteiger partial charge in [0.05, 0.1) is 17.7 Å². The van der Waals surface area contributed by atoms with E-state index in [0.717, 1.165) is 12.8 Å². The maximum atomic E-state index is 12.6. The summed E-state index contributed by atoms with van der Waals surface area (Å²) in [5.74, 6) is 0.844. The molecule has 7 nitrogen and oxygen atoms in total. The first-order valence-corrected chi connectivity index (χ1v) is 10.2. The van der Waals surface area contributed by atoms with Crippen molar-refractivity contribution in [1.82, 2.24) is 0 Å². The molecule has 1 amide bonds. The smallest absolute Gasteiger partial charge is 0.265 e. The molecule has 1 aliphatic heterocycles. The van der Waals surface area contributed by atoms with Crippen LogP contribution < -0.4 is 19.5 Å². The molecule has 0 aliphatic carbocycles. The third kappa shape index (κ3) is 4.33. The number of unbranched alkanes of at least 4 members (excludes halogenated alkanes) is 1. The van der Waals surface area contributed by atoms with Crippen LogP contribution in [0.3, 0.4) is 0 Å².